The van der Waals surface area contributed by atoms with E-state index in [4.69, 9.17) is 0 Å². The van der Waals surface area contributed by atoms with Gasteiger partial charge in [-0.1, -0.05) is 18.2 Å². The SMILES string of the molecule is COC(=O)c1ccc(C(=O)NCCCN2CCN(c3ccccc3)CC2)cc1. The fraction of sp³-hybridized carbons (Fsp3) is 0.364. The summed E-state index contributed by atoms with van der Waals surface area (Å²) in [5.41, 5.74) is 2.27. The smallest absolute Gasteiger partial charge is 0.337 e. The highest BCUT2D eigenvalue weighted by Gasteiger charge is 2.16. The highest BCUT2D eigenvalue weighted by Crippen LogP contribution is 2.15. The summed E-state index contributed by atoms with van der Waals surface area (Å²) in [6, 6.07) is 17.0. The molecule has 0 aromatic heterocycles. The first-order chi connectivity index (χ1) is 13.7. The molecule has 6 nitrogen and oxygen atoms in total. The van der Waals surface area contributed by atoms with Gasteiger partial charge in [0.2, 0.25) is 0 Å². The lowest BCUT2D eigenvalue weighted by Gasteiger charge is -2.36. The van der Waals surface area contributed by atoms with Crippen molar-refractivity contribution in [2.75, 3.05) is 51.3 Å². The number of methoxy groups -OCH3 is 1. The first-order valence-electron chi connectivity index (χ1n) is 9.66. The molecule has 0 unspecified atom stereocenters. The minimum Gasteiger partial charge on any atom is -0.465 e. The van der Waals surface area contributed by atoms with Gasteiger partial charge < -0.3 is 15.0 Å². The summed E-state index contributed by atoms with van der Waals surface area (Å²) < 4.78 is 4.66. The Kier molecular flexibility index (Phi) is 7.03. The quantitative estimate of drug-likeness (QED) is 0.590. The second-order valence-electron chi connectivity index (χ2n) is 6.84. The highest BCUT2D eigenvalue weighted by molar-refractivity contribution is 5.96. The first kappa shape index (κ1) is 19.9. The fourth-order valence-electron chi connectivity index (χ4n) is 3.35. The maximum Gasteiger partial charge on any atom is 0.337 e. The number of carbonyl (C=O) groups excluding carboxylic acids is 2. The van der Waals surface area contributed by atoms with E-state index in [2.05, 4.69) is 44.1 Å². The third kappa shape index (κ3) is 5.33. The molecule has 28 heavy (non-hydrogen) atoms. The molecule has 1 heterocycles. The summed E-state index contributed by atoms with van der Waals surface area (Å²) in [5, 5.41) is 2.94. The van der Waals surface area contributed by atoms with Gasteiger partial charge in [-0.05, 0) is 49.4 Å². The summed E-state index contributed by atoms with van der Waals surface area (Å²) in [4.78, 5) is 28.5. The van der Waals surface area contributed by atoms with Gasteiger partial charge in [-0.2, -0.15) is 0 Å². The molecular weight excluding hydrogens is 354 g/mol. The summed E-state index contributed by atoms with van der Waals surface area (Å²) in [7, 11) is 1.34. The van der Waals surface area contributed by atoms with Gasteiger partial charge in [0.25, 0.3) is 5.91 Å². The molecule has 2 aromatic rings. The summed E-state index contributed by atoms with van der Waals surface area (Å²) in [6.07, 6.45) is 0.914. The number of nitrogens with one attached hydrogen (secondary N) is 1. The average Bonchev–Trinajstić information content (AvgIpc) is 2.77. The second-order valence-corrected chi connectivity index (χ2v) is 6.84. The summed E-state index contributed by atoms with van der Waals surface area (Å²) in [5.74, 6) is -0.523. The zero-order chi connectivity index (χ0) is 19.8. The number of nitrogens with zero attached hydrogens (tertiary/aromatic N) is 2. The van der Waals surface area contributed by atoms with Gasteiger partial charge in [0.15, 0.2) is 0 Å². The molecule has 1 aliphatic rings. The van der Waals surface area contributed by atoms with Crippen LogP contribution in [0.4, 0.5) is 5.69 Å². The number of rotatable bonds is 7. The van der Waals surface area contributed by atoms with E-state index < -0.39 is 5.97 Å². The molecule has 2 aromatic carbocycles. The first-order valence-corrected chi connectivity index (χ1v) is 9.66. The highest BCUT2D eigenvalue weighted by atomic mass is 16.5. The molecule has 1 saturated heterocycles. The second kappa shape index (κ2) is 9.90. The van der Waals surface area contributed by atoms with Crippen molar-refractivity contribution in [1.29, 1.82) is 0 Å². The lowest BCUT2D eigenvalue weighted by atomic mass is 10.1. The molecule has 0 radical (unpaired) electrons. The van der Waals surface area contributed by atoms with E-state index in [-0.39, 0.29) is 5.91 Å². The molecular formula is C22H27N3O3. The van der Waals surface area contributed by atoms with E-state index in [1.807, 2.05) is 6.07 Å². The predicted octanol–water partition coefficient (Wildman–Crippen LogP) is 2.42. The number of para-hydroxylation sites is 1. The number of benzene rings is 2. The molecule has 1 N–H and O–H groups in total. The zero-order valence-corrected chi connectivity index (χ0v) is 16.3. The van der Waals surface area contributed by atoms with Gasteiger partial charge in [-0.3, -0.25) is 9.69 Å². The maximum absolute atomic E-state index is 12.2. The minimum absolute atomic E-state index is 0.120. The van der Waals surface area contributed by atoms with Crippen LogP contribution in [-0.4, -0.2) is 63.2 Å². The van der Waals surface area contributed by atoms with Crippen LogP contribution in [-0.2, 0) is 4.74 Å². The van der Waals surface area contributed by atoms with Crippen molar-refractivity contribution in [2.45, 2.75) is 6.42 Å². The van der Waals surface area contributed by atoms with Crippen LogP contribution in [0.5, 0.6) is 0 Å². The van der Waals surface area contributed by atoms with E-state index in [1.54, 1.807) is 24.3 Å². The van der Waals surface area contributed by atoms with Gasteiger partial charge in [0.1, 0.15) is 0 Å². The number of anilines is 1. The van der Waals surface area contributed by atoms with Crippen LogP contribution in [0, 0.1) is 0 Å². The number of ether oxygens (including phenoxy) is 1. The number of hydrogen-bond acceptors (Lipinski definition) is 5. The molecule has 0 saturated carbocycles. The number of esters is 1. The largest absolute Gasteiger partial charge is 0.465 e. The van der Waals surface area contributed by atoms with Crippen LogP contribution in [0.1, 0.15) is 27.1 Å². The third-order valence-corrected chi connectivity index (χ3v) is 5.00. The van der Waals surface area contributed by atoms with Crippen molar-refractivity contribution in [3.05, 3.63) is 65.7 Å². The van der Waals surface area contributed by atoms with Gasteiger partial charge >= 0.3 is 5.97 Å². The van der Waals surface area contributed by atoms with Crippen molar-refractivity contribution >= 4 is 17.6 Å². The molecule has 1 amide bonds. The lowest BCUT2D eigenvalue weighted by Crippen LogP contribution is -2.47. The minimum atomic E-state index is -0.403. The lowest BCUT2D eigenvalue weighted by molar-refractivity contribution is 0.0600. The van der Waals surface area contributed by atoms with Gasteiger partial charge in [0, 0.05) is 44.0 Å². The zero-order valence-electron chi connectivity index (χ0n) is 16.3. The molecule has 0 atom stereocenters. The van der Waals surface area contributed by atoms with E-state index in [0.717, 1.165) is 39.1 Å². The van der Waals surface area contributed by atoms with E-state index >= 15 is 0 Å². The van der Waals surface area contributed by atoms with Crippen LogP contribution in [0.3, 0.4) is 0 Å². The van der Waals surface area contributed by atoms with Crippen LogP contribution in [0.15, 0.2) is 54.6 Å². The summed E-state index contributed by atoms with van der Waals surface area (Å²) in [6.45, 7) is 5.75. The van der Waals surface area contributed by atoms with Crippen molar-refractivity contribution in [1.82, 2.24) is 10.2 Å². The molecule has 1 fully saturated rings. The molecule has 6 heteroatoms. The molecule has 0 spiro atoms. The molecule has 0 aliphatic carbocycles. The Balaban J connectivity index is 1.35. The topological polar surface area (TPSA) is 61.9 Å². The van der Waals surface area contributed by atoms with Crippen molar-refractivity contribution in [2.24, 2.45) is 0 Å². The van der Waals surface area contributed by atoms with Crippen LogP contribution < -0.4 is 10.2 Å². The van der Waals surface area contributed by atoms with Crippen LogP contribution in [0.2, 0.25) is 0 Å². The number of carbonyl (C=O) groups is 2. The van der Waals surface area contributed by atoms with Gasteiger partial charge in [-0.15, -0.1) is 0 Å². The van der Waals surface area contributed by atoms with Crippen molar-refractivity contribution < 1.29 is 14.3 Å². The van der Waals surface area contributed by atoms with Crippen molar-refractivity contribution in [3.8, 4) is 0 Å². The van der Waals surface area contributed by atoms with Gasteiger partial charge in [-0.25, -0.2) is 4.79 Å². The molecule has 0 bridgehead atoms. The van der Waals surface area contributed by atoms with Crippen LogP contribution >= 0.6 is 0 Å². The number of piperazine rings is 1. The van der Waals surface area contributed by atoms with E-state index in [9.17, 15) is 9.59 Å². The third-order valence-electron chi connectivity index (χ3n) is 5.00. The Hall–Kier alpha value is -2.86. The van der Waals surface area contributed by atoms with Crippen LogP contribution in [0.25, 0.3) is 0 Å². The maximum atomic E-state index is 12.2. The summed E-state index contributed by atoms with van der Waals surface area (Å²) >= 11 is 0. The Bertz CT molecular complexity index is 769. The fourth-order valence-corrected chi connectivity index (χ4v) is 3.35. The average molecular weight is 381 g/mol. The standard InChI is InChI=1S/C22H27N3O3/c1-28-22(27)19-10-8-18(9-11-19)21(26)23-12-5-13-24-14-16-25(17-15-24)20-6-3-2-4-7-20/h2-4,6-11H,5,12-17H2,1H3,(H,23,26). The number of amides is 1. The van der Waals surface area contributed by atoms with Gasteiger partial charge in [0.05, 0.1) is 12.7 Å². The Morgan fingerprint density at radius 1 is 0.929 bits per heavy atom. The molecule has 148 valence electrons. The molecule has 3 rings (SSSR count). The molecule has 1 aliphatic heterocycles. The normalized spacial score (nSPS) is 14.5. The Labute approximate surface area is 166 Å². The monoisotopic (exact) mass is 381 g/mol. The predicted molar refractivity (Wildman–Crippen MR) is 110 cm³/mol. The van der Waals surface area contributed by atoms with Crippen molar-refractivity contribution in [3.63, 3.8) is 0 Å². The number of hydrogen-bond donors (Lipinski definition) is 1. The van der Waals surface area contributed by atoms with E-state index in [0.29, 0.717) is 17.7 Å². The Morgan fingerprint density at radius 2 is 1.57 bits per heavy atom. The van der Waals surface area contributed by atoms with E-state index in [1.165, 1.54) is 12.8 Å². The Morgan fingerprint density at radius 3 is 2.21 bits per heavy atom.